The van der Waals surface area contributed by atoms with Gasteiger partial charge in [-0.1, -0.05) is 0 Å². The summed E-state index contributed by atoms with van der Waals surface area (Å²) >= 11 is 1.52. The highest BCUT2D eigenvalue weighted by Crippen LogP contribution is 2.30. The zero-order chi connectivity index (χ0) is 19.7. The summed E-state index contributed by atoms with van der Waals surface area (Å²) in [6.45, 7) is 1.97. The van der Waals surface area contributed by atoms with E-state index in [9.17, 15) is 4.79 Å². The van der Waals surface area contributed by atoms with Crippen molar-refractivity contribution in [2.45, 2.75) is 6.92 Å². The fourth-order valence-corrected chi connectivity index (χ4v) is 3.71. The van der Waals surface area contributed by atoms with Gasteiger partial charge in [-0.25, -0.2) is 9.97 Å². The van der Waals surface area contributed by atoms with E-state index in [-0.39, 0.29) is 5.91 Å². The third-order valence-corrected chi connectivity index (χ3v) is 5.14. The van der Waals surface area contributed by atoms with Crippen LogP contribution < -0.4 is 15.4 Å². The Morgan fingerprint density at radius 2 is 1.96 bits per heavy atom. The lowest BCUT2D eigenvalue weighted by Crippen LogP contribution is -2.17. The van der Waals surface area contributed by atoms with Gasteiger partial charge in [-0.3, -0.25) is 9.20 Å². The molecule has 0 aliphatic rings. The minimum absolute atomic E-state index is 0.109. The van der Waals surface area contributed by atoms with Crippen LogP contribution in [0.25, 0.3) is 17.0 Å². The van der Waals surface area contributed by atoms with E-state index in [2.05, 4.69) is 15.6 Å². The molecule has 8 heteroatoms. The Bertz CT molecular complexity index is 1150. The van der Waals surface area contributed by atoms with Gasteiger partial charge in [0.15, 0.2) is 5.13 Å². The first kappa shape index (κ1) is 18.0. The second-order valence-electron chi connectivity index (χ2n) is 6.16. The normalized spacial score (nSPS) is 10.8. The molecule has 4 rings (SSSR count). The second-order valence-corrected chi connectivity index (χ2v) is 7.02. The number of hydrogen-bond acceptors (Lipinski definition) is 6. The summed E-state index contributed by atoms with van der Waals surface area (Å²) < 4.78 is 7.28. The molecule has 2 N–H and O–H groups in total. The summed E-state index contributed by atoms with van der Waals surface area (Å²) in [4.78, 5) is 21.0. The maximum absolute atomic E-state index is 11.6. The number of pyridine rings is 1. The first-order valence-electron chi connectivity index (χ1n) is 8.67. The summed E-state index contributed by atoms with van der Waals surface area (Å²) in [5.74, 6) is 0.660. The molecule has 1 aromatic carbocycles. The van der Waals surface area contributed by atoms with E-state index >= 15 is 0 Å². The van der Waals surface area contributed by atoms with E-state index in [1.54, 1.807) is 26.3 Å². The maximum Gasteiger partial charge on any atom is 0.251 e. The van der Waals surface area contributed by atoms with Gasteiger partial charge in [-0.15, -0.1) is 11.3 Å². The zero-order valence-corrected chi connectivity index (χ0v) is 16.5. The number of aromatic nitrogens is 3. The van der Waals surface area contributed by atoms with Gasteiger partial charge in [0.25, 0.3) is 5.91 Å². The molecule has 0 bridgehead atoms. The van der Waals surface area contributed by atoms with Gasteiger partial charge in [-0.05, 0) is 37.3 Å². The van der Waals surface area contributed by atoms with Crippen molar-refractivity contribution < 1.29 is 9.53 Å². The van der Waals surface area contributed by atoms with Crippen molar-refractivity contribution in [2.24, 2.45) is 0 Å². The average molecular weight is 393 g/mol. The number of anilines is 2. The van der Waals surface area contributed by atoms with Crippen LogP contribution in [-0.4, -0.2) is 34.4 Å². The van der Waals surface area contributed by atoms with E-state index < -0.39 is 0 Å². The van der Waals surface area contributed by atoms with E-state index in [4.69, 9.17) is 9.72 Å². The highest BCUT2D eigenvalue weighted by Gasteiger charge is 2.15. The smallest absolute Gasteiger partial charge is 0.251 e. The van der Waals surface area contributed by atoms with Crippen LogP contribution in [0.5, 0.6) is 5.75 Å². The minimum atomic E-state index is -0.109. The van der Waals surface area contributed by atoms with Gasteiger partial charge < -0.3 is 15.4 Å². The molecule has 3 aromatic heterocycles. The highest BCUT2D eigenvalue weighted by atomic mass is 32.1. The Balaban J connectivity index is 1.60. The summed E-state index contributed by atoms with van der Waals surface area (Å²) in [6, 6.07) is 11.1. The largest absolute Gasteiger partial charge is 0.497 e. The lowest BCUT2D eigenvalue weighted by atomic mass is 10.2. The molecule has 28 heavy (non-hydrogen) atoms. The van der Waals surface area contributed by atoms with Crippen LogP contribution in [0.15, 0.2) is 48.0 Å². The summed E-state index contributed by atoms with van der Waals surface area (Å²) in [7, 11) is 3.26. The second kappa shape index (κ2) is 7.32. The van der Waals surface area contributed by atoms with Gasteiger partial charge in [0.1, 0.15) is 17.1 Å². The van der Waals surface area contributed by atoms with Crippen molar-refractivity contribution in [3.05, 3.63) is 59.2 Å². The molecule has 7 nitrogen and oxygen atoms in total. The number of hydrogen-bond donors (Lipinski definition) is 2. The molecule has 142 valence electrons. The molecule has 0 saturated heterocycles. The van der Waals surface area contributed by atoms with Crippen molar-refractivity contribution in [3.63, 3.8) is 0 Å². The van der Waals surface area contributed by atoms with Crippen LogP contribution in [0.2, 0.25) is 0 Å². The SMILES string of the molecule is CNC(=O)c1ccc(Nc2nc(-c3c(C)nc4cc(OC)ccn34)cs2)cc1. The van der Waals surface area contributed by atoms with Crippen molar-refractivity contribution in [3.8, 4) is 17.1 Å². The molecule has 0 unspecified atom stereocenters. The van der Waals surface area contributed by atoms with Crippen LogP contribution in [0.3, 0.4) is 0 Å². The molecule has 0 radical (unpaired) electrons. The number of ether oxygens (including phenoxy) is 1. The molecule has 0 aliphatic heterocycles. The van der Waals surface area contributed by atoms with Crippen LogP contribution in [0, 0.1) is 6.92 Å². The van der Waals surface area contributed by atoms with Crippen LogP contribution >= 0.6 is 11.3 Å². The maximum atomic E-state index is 11.6. The van der Waals surface area contributed by atoms with E-state index in [1.165, 1.54) is 11.3 Å². The minimum Gasteiger partial charge on any atom is -0.497 e. The summed E-state index contributed by atoms with van der Waals surface area (Å²) in [6.07, 6.45) is 1.94. The average Bonchev–Trinajstić information content (AvgIpc) is 3.30. The Kier molecular flexibility index (Phi) is 4.70. The number of carbonyl (C=O) groups is 1. The number of carbonyl (C=O) groups excluding carboxylic acids is 1. The first-order valence-corrected chi connectivity index (χ1v) is 9.55. The number of imidazole rings is 1. The van der Waals surface area contributed by atoms with Crippen molar-refractivity contribution in [1.29, 1.82) is 0 Å². The van der Waals surface area contributed by atoms with Gasteiger partial charge in [0.05, 0.1) is 18.5 Å². The van der Waals surface area contributed by atoms with Crippen molar-refractivity contribution >= 4 is 33.7 Å². The van der Waals surface area contributed by atoms with Gasteiger partial charge >= 0.3 is 0 Å². The molecule has 0 aliphatic carbocycles. The number of thiazole rings is 1. The first-order chi connectivity index (χ1) is 13.6. The quantitative estimate of drug-likeness (QED) is 0.538. The topological polar surface area (TPSA) is 80.5 Å². The van der Waals surface area contributed by atoms with Crippen molar-refractivity contribution in [2.75, 3.05) is 19.5 Å². The fraction of sp³-hybridized carbons (Fsp3) is 0.150. The summed E-state index contributed by atoms with van der Waals surface area (Å²) in [5.41, 5.74) is 5.01. The molecule has 0 saturated carbocycles. The standard InChI is InChI=1S/C20H19N5O2S/c1-12-18(25-9-8-15(27-3)10-17(25)22-12)16-11-28-20(24-16)23-14-6-4-13(5-7-14)19(26)21-2/h4-11H,1-3H3,(H,21,26)(H,23,24). The highest BCUT2D eigenvalue weighted by molar-refractivity contribution is 7.14. The third kappa shape index (κ3) is 3.29. The molecule has 0 fully saturated rings. The third-order valence-electron chi connectivity index (χ3n) is 4.38. The number of nitrogens with zero attached hydrogens (tertiary/aromatic N) is 3. The summed E-state index contributed by atoms with van der Waals surface area (Å²) in [5, 5.41) is 8.66. The zero-order valence-electron chi connectivity index (χ0n) is 15.7. The van der Waals surface area contributed by atoms with Crippen LogP contribution in [0.4, 0.5) is 10.8 Å². The van der Waals surface area contributed by atoms with Crippen LogP contribution in [0.1, 0.15) is 16.1 Å². The molecule has 1 amide bonds. The number of aryl methyl sites for hydroxylation is 1. The number of nitrogens with one attached hydrogen (secondary N) is 2. The Morgan fingerprint density at radius 1 is 1.18 bits per heavy atom. The predicted octanol–water partition coefficient (Wildman–Crippen LogP) is 3.88. The number of methoxy groups -OCH3 is 1. The number of rotatable bonds is 5. The van der Waals surface area contributed by atoms with E-state index in [1.807, 2.05) is 47.2 Å². The lowest BCUT2D eigenvalue weighted by Gasteiger charge is -2.04. The molecular formula is C20H19N5O2S. The van der Waals surface area contributed by atoms with E-state index in [0.717, 1.165) is 39.3 Å². The molecular weight excluding hydrogens is 374 g/mol. The molecule has 0 spiro atoms. The monoisotopic (exact) mass is 393 g/mol. The Hall–Kier alpha value is -3.39. The number of amides is 1. The fourth-order valence-electron chi connectivity index (χ4n) is 2.99. The van der Waals surface area contributed by atoms with E-state index in [0.29, 0.717) is 5.56 Å². The predicted molar refractivity (Wildman–Crippen MR) is 111 cm³/mol. The number of fused-ring (bicyclic) bond motifs is 1. The Labute approximate surface area is 166 Å². The Morgan fingerprint density at radius 3 is 2.68 bits per heavy atom. The van der Waals surface area contributed by atoms with Gasteiger partial charge in [0, 0.05) is 35.9 Å². The van der Waals surface area contributed by atoms with Crippen LogP contribution in [-0.2, 0) is 0 Å². The number of benzene rings is 1. The van der Waals surface area contributed by atoms with Gasteiger partial charge in [-0.2, -0.15) is 0 Å². The molecule has 0 atom stereocenters. The molecule has 3 heterocycles. The van der Waals surface area contributed by atoms with Crippen molar-refractivity contribution in [1.82, 2.24) is 19.7 Å². The molecule has 4 aromatic rings. The van der Waals surface area contributed by atoms with Gasteiger partial charge in [0.2, 0.25) is 0 Å². The lowest BCUT2D eigenvalue weighted by molar-refractivity contribution is 0.0963.